The lowest BCUT2D eigenvalue weighted by atomic mass is 10.2. The van der Waals surface area contributed by atoms with Crippen LogP contribution in [0.1, 0.15) is 16.1 Å². The molecule has 0 aliphatic carbocycles. The maximum Gasteiger partial charge on any atom is 0.276 e. The van der Waals surface area contributed by atoms with Crippen molar-refractivity contribution in [3.63, 3.8) is 0 Å². The maximum atomic E-state index is 12.1. The van der Waals surface area contributed by atoms with E-state index >= 15 is 0 Å². The summed E-state index contributed by atoms with van der Waals surface area (Å²) in [5.74, 6) is 0.324. The number of aromatic nitrogens is 4. The van der Waals surface area contributed by atoms with Crippen LogP contribution in [-0.4, -0.2) is 25.7 Å². The van der Waals surface area contributed by atoms with Gasteiger partial charge in [0.05, 0.1) is 0 Å². The number of amides is 1. The molecule has 1 N–H and O–H groups in total. The Hall–Kier alpha value is -3.02. The van der Waals surface area contributed by atoms with E-state index in [0.717, 1.165) is 11.3 Å². The first-order valence-electron chi connectivity index (χ1n) is 6.42. The van der Waals surface area contributed by atoms with Crippen LogP contribution >= 0.6 is 0 Å². The lowest BCUT2D eigenvalue weighted by Gasteiger charge is -2.05. The number of hydrogen-bond acceptors (Lipinski definition) is 4. The van der Waals surface area contributed by atoms with Gasteiger partial charge in [0.15, 0.2) is 11.5 Å². The number of anilines is 1. The Bertz CT molecular complexity index is 750. The fourth-order valence-electron chi connectivity index (χ4n) is 1.90. The largest absolute Gasteiger partial charge is 0.321 e. The first-order chi connectivity index (χ1) is 10.2. The SMILES string of the molecule is Cc1cccc(NC(=O)c2ccc(-n3ccnc3)nn2)c1. The van der Waals surface area contributed by atoms with Crippen LogP contribution in [-0.2, 0) is 0 Å². The van der Waals surface area contributed by atoms with Crippen molar-refractivity contribution >= 4 is 11.6 Å². The summed E-state index contributed by atoms with van der Waals surface area (Å²) >= 11 is 0. The van der Waals surface area contributed by atoms with E-state index in [1.54, 1.807) is 35.4 Å². The molecule has 0 fully saturated rings. The van der Waals surface area contributed by atoms with Crippen molar-refractivity contribution in [1.29, 1.82) is 0 Å². The van der Waals surface area contributed by atoms with Crippen molar-refractivity contribution in [2.75, 3.05) is 5.32 Å². The van der Waals surface area contributed by atoms with E-state index in [1.807, 2.05) is 31.2 Å². The van der Waals surface area contributed by atoms with E-state index < -0.39 is 0 Å². The fourth-order valence-corrected chi connectivity index (χ4v) is 1.90. The zero-order chi connectivity index (χ0) is 14.7. The van der Waals surface area contributed by atoms with E-state index in [9.17, 15) is 4.79 Å². The van der Waals surface area contributed by atoms with Crippen LogP contribution in [0.25, 0.3) is 5.82 Å². The smallest absolute Gasteiger partial charge is 0.276 e. The van der Waals surface area contributed by atoms with E-state index in [4.69, 9.17) is 0 Å². The van der Waals surface area contributed by atoms with Gasteiger partial charge in [-0.1, -0.05) is 12.1 Å². The minimum atomic E-state index is -0.287. The third-order valence-electron chi connectivity index (χ3n) is 2.93. The average molecular weight is 279 g/mol. The highest BCUT2D eigenvalue weighted by Gasteiger charge is 2.09. The van der Waals surface area contributed by atoms with E-state index in [-0.39, 0.29) is 11.6 Å². The van der Waals surface area contributed by atoms with Crippen molar-refractivity contribution in [2.45, 2.75) is 6.92 Å². The molecule has 0 saturated heterocycles. The Balaban J connectivity index is 1.76. The first kappa shape index (κ1) is 13.0. The Kier molecular flexibility index (Phi) is 3.42. The van der Waals surface area contributed by atoms with Gasteiger partial charge >= 0.3 is 0 Å². The Morgan fingerprint density at radius 2 is 2.10 bits per heavy atom. The monoisotopic (exact) mass is 279 g/mol. The van der Waals surface area contributed by atoms with Crippen LogP contribution in [0, 0.1) is 6.92 Å². The van der Waals surface area contributed by atoms with Crippen molar-refractivity contribution in [3.8, 4) is 5.82 Å². The van der Waals surface area contributed by atoms with Gasteiger partial charge in [-0.2, -0.15) is 0 Å². The molecule has 0 aliphatic rings. The second-order valence-electron chi connectivity index (χ2n) is 4.57. The van der Waals surface area contributed by atoms with Gasteiger partial charge in [-0.15, -0.1) is 10.2 Å². The van der Waals surface area contributed by atoms with Crippen LogP contribution in [0.3, 0.4) is 0 Å². The van der Waals surface area contributed by atoms with E-state index in [1.165, 1.54) is 0 Å². The van der Waals surface area contributed by atoms with Gasteiger partial charge in [0, 0.05) is 18.1 Å². The first-order valence-corrected chi connectivity index (χ1v) is 6.42. The molecule has 0 saturated carbocycles. The summed E-state index contributed by atoms with van der Waals surface area (Å²) in [5.41, 5.74) is 2.08. The summed E-state index contributed by atoms with van der Waals surface area (Å²) in [4.78, 5) is 16.0. The predicted molar refractivity (Wildman–Crippen MR) is 78.3 cm³/mol. The predicted octanol–water partition coefficient (Wildman–Crippen LogP) is 2.22. The summed E-state index contributed by atoms with van der Waals surface area (Å²) in [7, 11) is 0. The molecule has 6 heteroatoms. The van der Waals surface area contributed by atoms with Gasteiger partial charge in [0.25, 0.3) is 5.91 Å². The van der Waals surface area contributed by atoms with Crippen LogP contribution in [0.5, 0.6) is 0 Å². The molecular weight excluding hydrogens is 266 g/mol. The topological polar surface area (TPSA) is 72.7 Å². The van der Waals surface area contributed by atoms with E-state index in [2.05, 4.69) is 20.5 Å². The van der Waals surface area contributed by atoms with Crippen molar-refractivity contribution in [3.05, 3.63) is 66.4 Å². The number of hydrogen-bond donors (Lipinski definition) is 1. The highest BCUT2D eigenvalue weighted by molar-refractivity contribution is 6.02. The molecule has 1 aromatic carbocycles. The van der Waals surface area contributed by atoms with Crippen LogP contribution < -0.4 is 5.32 Å². The quantitative estimate of drug-likeness (QED) is 0.798. The van der Waals surface area contributed by atoms with E-state index in [0.29, 0.717) is 5.82 Å². The lowest BCUT2D eigenvalue weighted by molar-refractivity contribution is 0.102. The molecule has 3 aromatic rings. The van der Waals surface area contributed by atoms with Crippen LogP contribution in [0.15, 0.2) is 55.1 Å². The number of aryl methyl sites for hydroxylation is 1. The Labute approximate surface area is 121 Å². The number of imidazole rings is 1. The molecule has 0 spiro atoms. The minimum Gasteiger partial charge on any atom is -0.321 e. The molecular formula is C15H13N5O. The number of nitrogens with one attached hydrogen (secondary N) is 1. The summed E-state index contributed by atoms with van der Waals surface area (Å²) in [6, 6.07) is 10.9. The minimum absolute atomic E-state index is 0.264. The molecule has 0 aliphatic heterocycles. The standard InChI is InChI=1S/C15H13N5O/c1-11-3-2-4-12(9-11)17-15(21)13-5-6-14(19-18-13)20-8-7-16-10-20/h2-10H,1H3,(H,17,21). The molecule has 21 heavy (non-hydrogen) atoms. The van der Waals surface area contributed by atoms with Crippen molar-refractivity contribution in [1.82, 2.24) is 19.7 Å². The molecule has 6 nitrogen and oxygen atoms in total. The molecule has 0 atom stereocenters. The maximum absolute atomic E-state index is 12.1. The number of benzene rings is 1. The second kappa shape index (κ2) is 5.54. The zero-order valence-electron chi connectivity index (χ0n) is 11.4. The van der Waals surface area contributed by atoms with Crippen molar-refractivity contribution in [2.24, 2.45) is 0 Å². The molecule has 0 radical (unpaired) electrons. The van der Waals surface area contributed by atoms with Gasteiger partial charge in [0.2, 0.25) is 0 Å². The average Bonchev–Trinajstić information content (AvgIpc) is 3.01. The third-order valence-corrected chi connectivity index (χ3v) is 2.93. The normalized spacial score (nSPS) is 10.3. The van der Waals surface area contributed by atoms with Gasteiger partial charge in [-0.05, 0) is 36.8 Å². The number of carbonyl (C=O) groups excluding carboxylic acids is 1. The van der Waals surface area contributed by atoms with Gasteiger partial charge in [-0.3, -0.25) is 9.36 Å². The van der Waals surface area contributed by atoms with Gasteiger partial charge < -0.3 is 5.32 Å². The summed E-state index contributed by atoms with van der Waals surface area (Å²) in [6.45, 7) is 1.97. The Morgan fingerprint density at radius 1 is 1.19 bits per heavy atom. The molecule has 2 heterocycles. The lowest BCUT2D eigenvalue weighted by Crippen LogP contribution is -2.14. The third kappa shape index (κ3) is 2.94. The molecule has 0 bridgehead atoms. The number of nitrogens with zero attached hydrogens (tertiary/aromatic N) is 4. The number of rotatable bonds is 3. The van der Waals surface area contributed by atoms with Gasteiger partial charge in [-0.25, -0.2) is 4.98 Å². The van der Waals surface area contributed by atoms with Crippen LogP contribution in [0.4, 0.5) is 5.69 Å². The Morgan fingerprint density at radius 3 is 2.76 bits per heavy atom. The summed E-state index contributed by atoms with van der Waals surface area (Å²) < 4.78 is 1.72. The highest BCUT2D eigenvalue weighted by Crippen LogP contribution is 2.11. The zero-order valence-corrected chi connectivity index (χ0v) is 11.4. The molecule has 2 aromatic heterocycles. The molecule has 0 unspecified atom stereocenters. The fraction of sp³-hybridized carbons (Fsp3) is 0.0667. The second-order valence-corrected chi connectivity index (χ2v) is 4.57. The molecule has 1 amide bonds. The highest BCUT2D eigenvalue weighted by atomic mass is 16.1. The number of carbonyl (C=O) groups is 1. The van der Waals surface area contributed by atoms with Crippen molar-refractivity contribution < 1.29 is 4.79 Å². The molecule has 104 valence electrons. The summed E-state index contributed by atoms with van der Waals surface area (Å²) in [6.07, 6.45) is 5.03. The van der Waals surface area contributed by atoms with Gasteiger partial charge in [0.1, 0.15) is 6.33 Å². The molecule has 3 rings (SSSR count). The summed E-state index contributed by atoms with van der Waals surface area (Å²) in [5, 5.41) is 10.7. The van der Waals surface area contributed by atoms with Crippen LogP contribution in [0.2, 0.25) is 0 Å².